The van der Waals surface area contributed by atoms with Crippen LogP contribution in [0.15, 0.2) is 90.3 Å². The lowest BCUT2D eigenvalue weighted by molar-refractivity contribution is -0.136. The third kappa shape index (κ3) is 12.7. The summed E-state index contributed by atoms with van der Waals surface area (Å²) in [5.74, 6) is -1.04. The largest absolute Gasteiger partial charge is 0.456 e. The molecule has 1 saturated carbocycles. The number of pyridine rings is 3. The third-order valence-corrected chi connectivity index (χ3v) is 8.73. The smallest absolute Gasteiger partial charge is 0.333 e. The van der Waals surface area contributed by atoms with Crippen molar-refractivity contribution in [2.45, 2.75) is 44.9 Å². The zero-order valence-corrected chi connectivity index (χ0v) is 30.7. The summed E-state index contributed by atoms with van der Waals surface area (Å²) in [4.78, 5) is 50.6. The number of ether oxygens (including phenoxy) is 3. The molecular weight excluding hydrogens is 757 g/mol. The maximum absolute atomic E-state index is 12.6. The van der Waals surface area contributed by atoms with Crippen LogP contribution < -0.4 is 0 Å². The Bertz CT molecular complexity index is 1840. The lowest BCUT2D eigenvalue weighted by atomic mass is 10.2. The lowest BCUT2D eigenvalue weighted by Crippen LogP contribution is -2.28. The minimum atomic E-state index is -2.50. The average Bonchev–Trinajstić information content (AvgIpc) is 3.46. The number of carbonyl (C=O) groups is 3. The van der Waals surface area contributed by atoms with Crippen molar-refractivity contribution in [2.24, 2.45) is 0 Å². The number of rotatable bonds is 12. The molecular formula is C36H35Cl3F2N6O6. The molecule has 280 valence electrons. The number of carbonyl (C=O) groups excluding carboxylic acids is 3. The molecule has 53 heavy (non-hydrogen) atoms. The van der Waals surface area contributed by atoms with E-state index in [4.69, 9.17) is 49.0 Å². The zero-order valence-electron chi connectivity index (χ0n) is 28.5. The molecule has 0 N–H and O–H groups in total. The van der Waals surface area contributed by atoms with Gasteiger partial charge in [-0.15, -0.1) is 0 Å². The molecule has 3 aliphatic heterocycles. The van der Waals surface area contributed by atoms with Crippen LogP contribution in [-0.2, 0) is 48.2 Å². The van der Waals surface area contributed by atoms with Gasteiger partial charge in [0.25, 0.3) is 6.43 Å². The van der Waals surface area contributed by atoms with E-state index in [0.717, 1.165) is 34.6 Å². The molecule has 0 amide bonds. The number of nitrogens with zero attached hydrogens (tertiary/aromatic N) is 6. The van der Waals surface area contributed by atoms with Crippen LogP contribution >= 0.6 is 34.8 Å². The van der Waals surface area contributed by atoms with E-state index in [1.54, 1.807) is 42.7 Å². The second kappa shape index (κ2) is 18.8. The fraction of sp³-hybridized carbons (Fsp3) is 0.333. The maximum atomic E-state index is 12.6. The van der Waals surface area contributed by atoms with Gasteiger partial charge in [0.1, 0.15) is 35.3 Å². The second-order valence-corrected chi connectivity index (χ2v) is 13.3. The van der Waals surface area contributed by atoms with Gasteiger partial charge in [-0.3, -0.25) is 0 Å². The van der Waals surface area contributed by atoms with Gasteiger partial charge in [-0.2, -0.15) is 0 Å². The van der Waals surface area contributed by atoms with Crippen molar-refractivity contribution in [3.05, 3.63) is 122 Å². The molecule has 0 bridgehead atoms. The lowest BCUT2D eigenvalue weighted by Gasteiger charge is -2.24. The van der Waals surface area contributed by atoms with Gasteiger partial charge in [0.2, 0.25) is 0 Å². The first-order chi connectivity index (χ1) is 25.4. The predicted octanol–water partition coefficient (Wildman–Crippen LogP) is 5.99. The van der Waals surface area contributed by atoms with E-state index in [1.807, 2.05) is 24.1 Å². The molecule has 1 aliphatic carbocycles. The molecule has 12 nitrogen and oxygen atoms in total. The van der Waals surface area contributed by atoms with Crippen molar-refractivity contribution >= 4 is 52.7 Å². The van der Waals surface area contributed by atoms with Crippen molar-refractivity contribution < 1.29 is 37.4 Å². The van der Waals surface area contributed by atoms with E-state index in [9.17, 15) is 23.2 Å². The number of esters is 3. The van der Waals surface area contributed by atoms with Gasteiger partial charge in [0.05, 0.1) is 23.6 Å². The Kier molecular flexibility index (Phi) is 14.0. The van der Waals surface area contributed by atoms with Gasteiger partial charge in [0.15, 0.2) is 0 Å². The highest BCUT2D eigenvalue weighted by Gasteiger charge is 2.33. The van der Waals surface area contributed by atoms with Crippen LogP contribution in [0.4, 0.5) is 8.78 Å². The maximum Gasteiger partial charge on any atom is 0.333 e. The van der Waals surface area contributed by atoms with E-state index >= 15 is 0 Å². The molecule has 3 aromatic rings. The molecule has 1 fully saturated rings. The Morgan fingerprint density at radius 1 is 0.660 bits per heavy atom. The zero-order chi connectivity index (χ0) is 37.9. The average molecular weight is 792 g/mol. The minimum Gasteiger partial charge on any atom is -0.456 e. The Morgan fingerprint density at radius 3 is 1.49 bits per heavy atom. The first kappa shape index (κ1) is 39.4. The normalized spacial score (nSPS) is 15.9. The van der Waals surface area contributed by atoms with Crippen molar-refractivity contribution in [1.82, 2.24) is 29.7 Å². The highest BCUT2D eigenvalue weighted by molar-refractivity contribution is 6.29. The van der Waals surface area contributed by atoms with Crippen LogP contribution in [0.3, 0.4) is 0 Å². The number of aromatic nitrogens is 3. The van der Waals surface area contributed by atoms with Crippen LogP contribution in [0.5, 0.6) is 0 Å². The van der Waals surface area contributed by atoms with Gasteiger partial charge in [-0.25, -0.2) is 38.1 Å². The van der Waals surface area contributed by atoms with Crippen LogP contribution in [-0.4, -0.2) is 93.4 Å². The van der Waals surface area contributed by atoms with Gasteiger partial charge in [-0.1, -0.05) is 53.0 Å². The summed E-state index contributed by atoms with van der Waals surface area (Å²) >= 11 is 17.1. The Labute approximate surface area is 319 Å². The van der Waals surface area contributed by atoms with Gasteiger partial charge in [-0.05, 0) is 47.7 Å². The molecule has 6 heterocycles. The molecule has 4 aliphatic rings. The molecule has 0 saturated heterocycles. The number of hydrogen-bond acceptors (Lipinski definition) is 12. The summed E-state index contributed by atoms with van der Waals surface area (Å²) in [6.45, 7) is 1.92. The minimum absolute atomic E-state index is 0.0204. The molecule has 0 aromatic carbocycles. The van der Waals surface area contributed by atoms with E-state index in [0.29, 0.717) is 47.0 Å². The van der Waals surface area contributed by atoms with Gasteiger partial charge in [0, 0.05) is 69.5 Å². The van der Waals surface area contributed by atoms with Crippen molar-refractivity contribution in [1.29, 1.82) is 0 Å². The number of likely N-dealkylation sites (N-methyl/N-ethyl adjacent to an activating group) is 1. The molecule has 17 heteroatoms. The topological polar surface area (TPSA) is 127 Å². The predicted molar refractivity (Wildman–Crippen MR) is 191 cm³/mol. The van der Waals surface area contributed by atoms with E-state index in [1.165, 1.54) is 36.1 Å². The Balaban J connectivity index is 0.000000154. The number of halogens is 5. The SMILES string of the molecule is CN(Cc1ccc(Cl)nc1)C1=CC(=O)OC1.O=C1C=C(N(Cc2ccc(Cl)nc2)C2CC2)CO1.O=C1C=C(N(Cc2ccc(Cl)nc2)CC(F)F)CO1. The number of hydrogen-bond donors (Lipinski definition) is 0. The van der Waals surface area contributed by atoms with Crippen LogP contribution in [0, 0.1) is 0 Å². The standard InChI is InChI=1S/C13H13ClN2O2.C12H11ClF2N2O2.C11H11ClN2O2/c14-12-4-1-9(6-15-12)7-16(10-2-3-10)11-5-13(17)18-8-11;13-10-2-1-8(4-16-10)5-17(6-11(14)15)9-3-12(18)19-7-9;1-14(9-4-11(15)16-7-9)6-8-2-3-10(12)13-5-8/h1,4-6,10H,2-3,7-8H2;1-4,11H,5-7H2;2-5H,6-7H2,1H3. The van der Waals surface area contributed by atoms with Crippen molar-refractivity contribution in [3.63, 3.8) is 0 Å². The quantitative estimate of drug-likeness (QED) is 0.122. The van der Waals surface area contributed by atoms with Crippen molar-refractivity contribution in [2.75, 3.05) is 33.4 Å². The van der Waals surface area contributed by atoms with Crippen LogP contribution in [0.25, 0.3) is 0 Å². The summed E-state index contributed by atoms with van der Waals surface area (Å²) in [6.07, 6.45) is 9.17. The molecule has 0 atom stereocenters. The fourth-order valence-electron chi connectivity index (χ4n) is 5.26. The van der Waals surface area contributed by atoms with E-state index in [2.05, 4.69) is 19.9 Å². The number of alkyl halides is 2. The first-order valence-corrected chi connectivity index (χ1v) is 17.5. The molecule has 0 unspecified atom stereocenters. The summed E-state index contributed by atoms with van der Waals surface area (Å²) in [5, 5.41) is 1.31. The van der Waals surface area contributed by atoms with Crippen LogP contribution in [0.2, 0.25) is 15.5 Å². The van der Waals surface area contributed by atoms with Crippen LogP contribution in [0.1, 0.15) is 29.5 Å². The number of cyclic esters (lactones) is 3. The highest BCUT2D eigenvalue weighted by Crippen LogP contribution is 2.33. The van der Waals surface area contributed by atoms with Gasteiger partial charge < -0.3 is 28.9 Å². The molecule has 0 spiro atoms. The second-order valence-electron chi connectivity index (χ2n) is 12.2. The summed E-state index contributed by atoms with van der Waals surface area (Å²) in [6, 6.07) is 11.2. The van der Waals surface area contributed by atoms with Crippen molar-refractivity contribution in [3.8, 4) is 0 Å². The first-order valence-electron chi connectivity index (χ1n) is 16.4. The summed E-state index contributed by atoms with van der Waals surface area (Å²) < 4.78 is 39.7. The Hall–Kier alpha value is -4.79. The fourth-order valence-corrected chi connectivity index (χ4v) is 5.59. The highest BCUT2D eigenvalue weighted by atomic mass is 35.5. The summed E-state index contributed by atoms with van der Waals surface area (Å²) in [7, 11) is 1.91. The third-order valence-electron chi connectivity index (χ3n) is 8.06. The molecule has 0 radical (unpaired) electrons. The van der Waals surface area contributed by atoms with E-state index in [-0.39, 0.29) is 25.1 Å². The monoisotopic (exact) mass is 790 g/mol. The van der Waals surface area contributed by atoms with Gasteiger partial charge >= 0.3 is 17.9 Å². The van der Waals surface area contributed by atoms with E-state index < -0.39 is 18.9 Å². The summed E-state index contributed by atoms with van der Waals surface area (Å²) in [5.41, 5.74) is 5.14. The molecule has 7 rings (SSSR count). The molecule has 3 aromatic heterocycles. The Morgan fingerprint density at radius 2 is 1.09 bits per heavy atom.